The summed E-state index contributed by atoms with van der Waals surface area (Å²) < 4.78 is 44.2. The second kappa shape index (κ2) is 7.98. The van der Waals surface area contributed by atoms with Gasteiger partial charge in [-0.15, -0.1) is 0 Å². The average molecular weight is 486 g/mol. The molecule has 1 atom stereocenters. The molecule has 0 radical (unpaired) electrons. The van der Waals surface area contributed by atoms with Crippen molar-refractivity contribution in [1.82, 2.24) is 14.9 Å². The third-order valence-electron chi connectivity index (χ3n) is 7.39. The summed E-state index contributed by atoms with van der Waals surface area (Å²) in [5.74, 6) is 1.32. The first kappa shape index (κ1) is 21.9. The highest BCUT2D eigenvalue weighted by molar-refractivity contribution is 7.91. The zero-order valence-electron chi connectivity index (χ0n) is 19.2. The number of halogens is 1. The average Bonchev–Trinajstić information content (AvgIpc) is 3.23. The van der Waals surface area contributed by atoms with Crippen LogP contribution in [0.15, 0.2) is 29.5 Å². The molecule has 34 heavy (non-hydrogen) atoms. The largest absolute Gasteiger partial charge is 0.484 e. The number of benzene rings is 1. The van der Waals surface area contributed by atoms with Crippen LogP contribution >= 0.6 is 0 Å². The molecule has 3 aliphatic heterocycles. The SMILES string of the molecule is CC1(Oc2cc3c(cc2F)CN=C3c2cc(N3CCN(C4CCS(=O)(=O)C4)CC3)ncn2)CC1. The van der Waals surface area contributed by atoms with Crippen molar-refractivity contribution in [2.24, 2.45) is 4.99 Å². The monoisotopic (exact) mass is 485 g/mol. The molecule has 3 fully saturated rings. The molecule has 4 heterocycles. The lowest BCUT2D eigenvalue weighted by atomic mass is 10.0. The zero-order valence-corrected chi connectivity index (χ0v) is 20.0. The summed E-state index contributed by atoms with van der Waals surface area (Å²) in [5.41, 5.74) is 2.87. The summed E-state index contributed by atoms with van der Waals surface area (Å²) in [4.78, 5) is 18.1. The summed E-state index contributed by atoms with van der Waals surface area (Å²) in [6.45, 7) is 5.58. The second-order valence-corrected chi connectivity index (χ2v) is 12.2. The van der Waals surface area contributed by atoms with Gasteiger partial charge in [-0.05, 0) is 43.9 Å². The van der Waals surface area contributed by atoms with Gasteiger partial charge in [-0.1, -0.05) is 0 Å². The van der Waals surface area contributed by atoms with E-state index in [1.165, 1.54) is 6.07 Å². The van der Waals surface area contributed by atoms with Gasteiger partial charge >= 0.3 is 0 Å². The summed E-state index contributed by atoms with van der Waals surface area (Å²) in [6.07, 6.45) is 4.14. The number of hydrogen-bond donors (Lipinski definition) is 0. The van der Waals surface area contributed by atoms with E-state index < -0.39 is 9.84 Å². The molecular weight excluding hydrogens is 457 g/mol. The molecule has 0 spiro atoms. The highest BCUT2D eigenvalue weighted by Crippen LogP contribution is 2.41. The maximum Gasteiger partial charge on any atom is 0.165 e. The predicted molar refractivity (Wildman–Crippen MR) is 127 cm³/mol. The minimum absolute atomic E-state index is 0.132. The standard InChI is InChI=1S/C24H28FN5O3S/c1-24(3-4-24)33-21-11-18-16(10-19(21)25)13-26-23(18)20-12-22(28-15-27-20)30-7-5-29(6-8-30)17-2-9-34(31,32)14-17/h10-12,15,17H,2-9,13-14H2,1H3. The molecule has 8 nitrogen and oxygen atoms in total. The van der Waals surface area contributed by atoms with Gasteiger partial charge in [0.05, 0.1) is 29.5 Å². The lowest BCUT2D eigenvalue weighted by Gasteiger charge is -2.38. The Balaban J connectivity index is 1.18. The first-order chi connectivity index (χ1) is 16.3. The van der Waals surface area contributed by atoms with Gasteiger partial charge in [0.1, 0.15) is 17.7 Å². The van der Waals surface area contributed by atoms with Crippen molar-refractivity contribution < 1.29 is 17.5 Å². The lowest BCUT2D eigenvalue weighted by molar-refractivity contribution is 0.191. The van der Waals surface area contributed by atoms with Gasteiger partial charge in [-0.3, -0.25) is 9.89 Å². The molecule has 4 aliphatic rings. The van der Waals surface area contributed by atoms with E-state index in [4.69, 9.17) is 4.74 Å². The Morgan fingerprint density at radius 2 is 1.91 bits per heavy atom. The highest BCUT2D eigenvalue weighted by atomic mass is 32.2. The number of anilines is 1. The van der Waals surface area contributed by atoms with Crippen LogP contribution in [0.5, 0.6) is 5.75 Å². The van der Waals surface area contributed by atoms with E-state index in [1.807, 2.05) is 13.0 Å². The van der Waals surface area contributed by atoms with Gasteiger partial charge in [-0.25, -0.2) is 22.8 Å². The second-order valence-electron chi connectivity index (χ2n) is 10.00. The summed E-state index contributed by atoms with van der Waals surface area (Å²) in [5, 5.41) is 0. The van der Waals surface area contributed by atoms with Crippen molar-refractivity contribution in [2.75, 3.05) is 42.6 Å². The van der Waals surface area contributed by atoms with Crippen LogP contribution in [0.3, 0.4) is 0 Å². The van der Waals surface area contributed by atoms with Gasteiger partial charge in [0.2, 0.25) is 0 Å². The molecule has 180 valence electrons. The topological polar surface area (TPSA) is 88.0 Å². The number of nitrogens with zero attached hydrogens (tertiary/aromatic N) is 5. The van der Waals surface area contributed by atoms with Crippen LogP contribution in [0.1, 0.15) is 43.0 Å². The fourth-order valence-corrected chi connectivity index (χ4v) is 6.83. The fourth-order valence-electron chi connectivity index (χ4n) is 5.06. The maximum atomic E-state index is 14.6. The van der Waals surface area contributed by atoms with Gasteiger partial charge in [0.25, 0.3) is 0 Å². The molecule has 0 bridgehead atoms. The third kappa shape index (κ3) is 4.17. The van der Waals surface area contributed by atoms with E-state index in [0.29, 0.717) is 18.0 Å². The number of sulfone groups is 1. The predicted octanol–water partition coefficient (Wildman–Crippen LogP) is 2.21. The summed E-state index contributed by atoms with van der Waals surface area (Å²) in [6, 6.07) is 5.36. The summed E-state index contributed by atoms with van der Waals surface area (Å²) in [7, 11) is -2.88. The quantitative estimate of drug-likeness (QED) is 0.642. The Hall–Kier alpha value is -2.59. The van der Waals surface area contributed by atoms with Crippen LogP contribution in [0.2, 0.25) is 0 Å². The Kier molecular flexibility index (Phi) is 5.14. The van der Waals surface area contributed by atoms with E-state index in [0.717, 1.165) is 68.1 Å². The van der Waals surface area contributed by atoms with Crippen LogP contribution in [0.25, 0.3) is 0 Å². The van der Waals surface area contributed by atoms with Crippen LogP contribution in [-0.2, 0) is 16.4 Å². The number of aliphatic imine (C=N–C) groups is 1. The minimum atomic E-state index is -2.88. The molecule has 2 saturated heterocycles. The molecule has 1 aromatic heterocycles. The molecule has 0 N–H and O–H groups in total. The van der Waals surface area contributed by atoms with Crippen molar-refractivity contribution in [2.45, 2.75) is 44.4 Å². The van der Waals surface area contributed by atoms with Crippen LogP contribution < -0.4 is 9.64 Å². The maximum absolute atomic E-state index is 14.6. The molecule has 2 aromatic rings. The third-order valence-corrected chi connectivity index (χ3v) is 9.14. The lowest BCUT2D eigenvalue weighted by Crippen LogP contribution is -2.51. The van der Waals surface area contributed by atoms with Gasteiger partial charge in [0, 0.05) is 43.9 Å². The van der Waals surface area contributed by atoms with Gasteiger partial charge < -0.3 is 9.64 Å². The van der Waals surface area contributed by atoms with Crippen LogP contribution in [-0.4, -0.2) is 78.3 Å². The Morgan fingerprint density at radius 3 is 2.62 bits per heavy atom. The minimum Gasteiger partial charge on any atom is -0.484 e. The highest BCUT2D eigenvalue weighted by Gasteiger charge is 2.41. The molecule has 10 heteroatoms. The number of fused-ring (bicyclic) bond motifs is 1. The van der Waals surface area contributed by atoms with E-state index in [9.17, 15) is 12.8 Å². The van der Waals surface area contributed by atoms with Crippen molar-refractivity contribution >= 4 is 21.4 Å². The number of rotatable bonds is 5. The molecule has 0 amide bonds. The molecule has 1 saturated carbocycles. The van der Waals surface area contributed by atoms with E-state index in [2.05, 4.69) is 24.8 Å². The number of ether oxygens (including phenoxy) is 1. The number of aromatic nitrogens is 2. The van der Waals surface area contributed by atoms with Gasteiger partial charge in [-0.2, -0.15) is 0 Å². The van der Waals surface area contributed by atoms with E-state index >= 15 is 0 Å². The normalized spacial score (nSPS) is 25.2. The van der Waals surface area contributed by atoms with Crippen LogP contribution in [0.4, 0.5) is 10.2 Å². The molecule has 1 aromatic carbocycles. The Labute approximate surface area is 198 Å². The first-order valence-corrected chi connectivity index (χ1v) is 13.7. The van der Waals surface area contributed by atoms with E-state index in [1.54, 1.807) is 12.4 Å². The Morgan fingerprint density at radius 1 is 1.12 bits per heavy atom. The van der Waals surface area contributed by atoms with E-state index in [-0.39, 0.29) is 29.0 Å². The smallest absolute Gasteiger partial charge is 0.165 e. The van der Waals surface area contributed by atoms with Crippen molar-refractivity contribution in [3.63, 3.8) is 0 Å². The molecular formula is C24H28FN5O3S. The Bertz CT molecular complexity index is 1270. The zero-order chi connectivity index (χ0) is 23.5. The van der Waals surface area contributed by atoms with Crippen LogP contribution in [0, 0.1) is 5.82 Å². The molecule has 1 aliphatic carbocycles. The van der Waals surface area contributed by atoms with Crippen molar-refractivity contribution in [3.05, 3.63) is 47.2 Å². The molecule has 6 rings (SSSR count). The van der Waals surface area contributed by atoms with Gasteiger partial charge in [0.15, 0.2) is 21.4 Å². The number of piperazine rings is 1. The molecule has 1 unspecified atom stereocenters. The number of hydrogen-bond acceptors (Lipinski definition) is 8. The summed E-state index contributed by atoms with van der Waals surface area (Å²) >= 11 is 0. The van der Waals surface area contributed by atoms with Crippen molar-refractivity contribution in [1.29, 1.82) is 0 Å². The van der Waals surface area contributed by atoms with Crippen molar-refractivity contribution in [3.8, 4) is 5.75 Å². The fraction of sp³-hybridized carbons (Fsp3) is 0.542. The first-order valence-electron chi connectivity index (χ1n) is 11.9.